The highest BCUT2D eigenvalue weighted by molar-refractivity contribution is 14.1. The van der Waals surface area contributed by atoms with Gasteiger partial charge in [-0.2, -0.15) is 0 Å². The van der Waals surface area contributed by atoms with E-state index in [1.165, 1.54) is 36.7 Å². The van der Waals surface area contributed by atoms with Gasteiger partial charge < -0.3 is 10.3 Å². The maximum Gasteiger partial charge on any atom is 0.0457 e. The minimum atomic E-state index is 0.858. The normalized spacial score (nSPS) is 10.9. The van der Waals surface area contributed by atoms with Crippen molar-refractivity contribution in [3.05, 3.63) is 99.8 Å². The van der Waals surface area contributed by atoms with Gasteiger partial charge in [0, 0.05) is 32.9 Å². The molecule has 140 valence electrons. The predicted octanol–water partition coefficient (Wildman–Crippen LogP) is 6.55. The van der Waals surface area contributed by atoms with Gasteiger partial charge in [0.2, 0.25) is 0 Å². The van der Waals surface area contributed by atoms with Crippen LogP contribution in [-0.2, 0) is 6.42 Å². The quantitative estimate of drug-likeness (QED) is 0.302. The van der Waals surface area contributed by atoms with Crippen LogP contribution in [0.2, 0.25) is 0 Å². The Morgan fingerprint density at radius 3 is 2.61 bits per heavy atom. The first-order valence-electron chi connectivity index (χ1n) is 9.46. The lowest BCUT2D eigenvalue weighted by Gasteiger charge is -2.11. The number of H-pyrrole nitrogens is 1. The van der Waals surface area contributed by atoms with E-state index in [1.54, 1.807) is 0 Å². The van der Waals surface area contributed by atoms with E-state index in [0.717, 1.165) is 24.2 Å². The molecule has 0 spiro atoms. The molecule has 0 saturated heterocycles. The molecule has 2 nitrogen and oxygen atoms in total. The van der Waals surface area contributed by atoms with Crippen molar-refractivity contribution in [1.29, 1.82) is 0 Å². The molecule has 4 rings (SSSR count). The number of aryl methyl sites for hydroxylation is 1. The Kier molecular flexibility index (Phi) is 5.53. The van der Waals surface area contributed by atoms with Crippen LogP contribution in [-0.4, -0.2) is 11.5 Å². The summed E-state index contributed by atoms with van der Waals surface area (Å²) in [5.41, 5.74) is 8.44. The van der Waals surface area contributed by atoms with Gasteiger partial charge in [0.25, 0.3) is 0 Å². The molecule has 0 saturated carbocycles. The van der Waals surface area contributed by atoms with Crippen molar-refractivity contribution in [2.45, 2.75) is 13.3 Å². The molecule has 1 heterocycles. The minimum Gasteiger partial charge on any atom is -0.385 e. The lowest BCUT2D eigenvalue weighted by Crippen LogP contribution is -2.14. The molecule has 0 radical (unpaired) electrons. The van der Waals surface area contributed by atoms with Crippen LogP contribution in [0.5, 0.6) is 0 Å². The van der Waals surface area contributed by atoms with E-state index in [4.69, 9.17) is 0 Å². The van der Waals surface area contributed by atoms with Crippen molar-refractivity contribution in [2.24, 2.45) is 0 Å². The van der Waals surface area contributed by atoms with Gasteiger partial charge in [-0.3, -0.25) is 0 Å². The Balaban J connectivity index is 1.40. The summed E-state index contributed by atoms with van der Waals surface area (Å²) in [6, 6.07) is 23.6. The van der Waals surface area contributed by atoms with Crippen LogP contribution in [0.3, 0.4) is 0 Å². The molecule has 4 aromatic rings. The Hall–Kier alpha value is -2.53. The van der Waals surface area contributed by atoms with Crippen molar-refractivity contribution in [2.75, 3.05) is 6.54 Å². The van der Waals surface area contributed by atoms with E-state index >= 15 is 0 Å². The molecule has 0 amide bonds. The number of aromatic nitrogens is 1. The van der Waals surface area contributed by atoms with Crippen LogP contribution in [0.15, 0.2) is 79.5 Å². The van der Waals surface area contributed by atoms with Crippen molar-refractivity contribution in [3.8, 4) is 11.1 Å². The van der Waals surface area contributed by atoms with Gasteiger partial charge in [0.1, 0.15) is 0 Å². The van der Waals surface area contributed by atoms with E-state index in [-0.39, 0.29) is 0 Å². The summed E-state index contributed by atoms with van der Waals surface area (Å²) >= 11 is 2.36. The summed E-state index contributed by atoms with van der Waals surface area (Å²) < 4.78 is 1.26. The smallest absolute Gasteiger partial charge is 0.0457 e. The molecule has 0 unspecified atom stereocenters. The summed E-state index contributed by atoms with van der Waals surface area (Å²) in [6.07, 6.45) is 3.07. The highest BCUT2D eigenvalue weighted by Gasteiger charge is 2.06. The van der Waals surface area contributed by atoms with Gasteiger partial charge in [0.15, 0.2) is 0 Å². The van der Waals surface area contributed by atoms with Crippen molar-refractivity contribution >= 4 is 39.2 Å². The van der Waals surface area contributed by atoms with Gasteiger partial charge in [-0.1, -0.05) is 55.1 Å². The third-order valence-electron chi connectivity index (χ3n) is 5.15. The number of benzene rings is 3. The molecule has 2 N–H and O–H groups in total. The highest BCUT2D eigenvalue weighted by atomic mass is 127. The van der Waals surface area contributed by atoms with Crippen molar-refractivity contribution in [3.63, 3.8) is 0 Å². The molecule has 0 aliphatic rings. The van der Waals surface area contributed by atoms with E-state index in [0.29, 0.717) is 0 Å². The molecular weight excluding hydrogens is 455 g/mol. The largest absolute Gasteiger partial charge is 0.385 e. The monoisotopic (exact) mass is 478 g/mol. The molecule has 3 aromatic carbocycles. The Labute approximate surface area is 179 Å². The fourth-order valence-corrected chi connectivity index (χ4v) is 4.05. The zero-order chi connectivity index (χ0) is 19.5. The molecule has 0 aliphatic carbocycles. The Bertz CT molecular complexity index is 1120. The lowest BCUT2D eigenvalue weighted by atomic mass is 9.99. The number of aromatic amines is 1. The zero-order valence-corrected chi connectivity index (χ0v) is 18.1. The summed E-state index contributed by atoms with van der Waals surface area (Å²) in [6.45, 7) is 7.23. The predicted molar refractivity (Wildman–Crippen MR) is 128 cm³/mol. The third-order valence-corrected chi connectivity index (χ3v) is 5.82. The van der Waals surface area contributed by atoms with E-state index in [1.807, 2.05) is 0 Å². The number of nitrogens with one attached hydrogen (secondary N) is 2. The summed E-state index contributed by atoms with van der Waals surface area (Å²) in [4.78, 5) is 3.36. The summed E-state index contributed by atoms with van der Waals surface area (Å²) in [5, 5.41) is 4.78. The number of hydrogen-bond donors (Lipinski definition) is 2. The first-order valence-corrected chi connectivity index (χ1v) is 10.5. The number of fused-ring (bicyclic) bond motifs is 1. The molecule has 0 bridgehead atoms. The molecule has 0 atom stereocenters. The van der Waals surface area contributed by atoms with Crippen molar-refractivity contribution in [1.82, 2.24) is 10.3 Å². The molecule has 3 heteroatoms. The standard InChI is InChI=1S/C25H23IN2/c1-17-5-3-4-6-23(17)20-9-7-19(8-10-20)18(2)27-14-13-21-16-28-25-12-11-22(26)15-24(21)25/h3-12,15-16,27-28H,2,13-14H2,1H3. The molecule has 0 fully saturated rings. The average Bonchev–Trinajstić information content (AvgIpc) is 3.10. The molecule has 1 aromatic heterocycles. The Morgan fingerprint density at radius 2 is 1.82 bits per heavy atom. The van der Waals surface area contributed by atoms with Crippen LogP contribution in [0.25, 0.3) is 27.7 Å². The maximum atomic E-state index is 4.22. The van der Waals surface area contributed by atoms with Crippen LogP contribution in [0.1, 0.15) is 16.7 Å². The first-order chi connectivity index (χ1) is 13.6. The van der Waals surface area contributed by atoms with Crippen LogP contribution in [0, 0.1) is 10.5 Å². The van der Waals surface area contributed by atoms with Gasteiger partial charge in [0.05, 0.1) is 0 Å². The second-order valence-corrected chi connectivity index (χ2v) is 8.30. The lowest BCUT2D eigenvalue weighted by molar-refractivity contribution is 0.853. The zero-order valence-electron chi connectivity index (χ0n) is 15.9. The fourth-order valence-electron chi connectivity index (χ4n) is 3.56. The first kappa shape index (κ1) is 18.8. The Morgan fingerprint density at radius 1 is 1.04 bits per heavy atom. The summed E-state index contributed by atoms with van der Waals surface area (Å²) in [7, 11) is 0. The average molecular weight is 478 g/mol. The van der Waals surface area contributed by atoms with E-state index in [2.05, 4.69) is 119 Å². The summed E-state index contributed by atoms with van der Waals surface area (Å²) in [5.74, 6) is 0. The van der Waals surface area contributed by atoms with E-state index < -0.39 is 0 Å². The van der Waals surface area contributed by atoms with Crippen molar-refractivity contribution < 1.29 is 0 Å². The van der Waals surface area contributed by atoms with Gasteiger partial charge in [-0.25, -0.2) is 0 Å². The van der Waals surface area contributed by atoms with E-state index in [9.17, 15) is 0 Å². The van der Waals surface area contributed by atoms with Gasteiger partial charge in [-0.15, -0.1) is 0 Å². The topological polar surface area (TPSA) is 27.8 Å². The minimum absolute atomic E-state index is 0.858. The van der Waals surface area contributed by atoms with Crippen LogP contribution < -0.4 is 5.32 Å². The van der Waals surface area contributed by atoms with Gasteiger partial charge >= 0.3 is 0 Å². The highest BCUT2D eigenvalue weighted by Crippen LogP contribution is 2.25. The molecule has 28 heavy (non-hydrogen) atoms. The SMILES string of the molecule is C=C(NCCc1c[nH]c2ccc(I)cc12)c1ccc(-c2ccccc2C)cc1. The molecule has 0 aliphatic heterocycles. The number of hydrogen-bond acceptors (Lipinski definition) is 1. The number of rotatable bonds is 6. The third kappa shape index (κ3) is 3.99. The molecular formula is C25H23IN2. The fraction of sp³-hybridized carbons (Fsp3) is 0.120. The second kappa shape index (κ2) is 8.23. The second-order valence-electron chi connectivity index (χ2n) is 7.05. The van der Waals surface area contributed by atoms with Crippen LogP contribution in [0.4, 0.5) is 0 Å². The van der Waals surface area contributed by atoms with Crippen LogP contribution >= 0.6 is 22.6 Å². The number of halogens is 1. The maximum absolute atomic E-state index is 4.22. The van der Waals surface area contributed by atoms with Gasteiger partial charge in [-0.05, 0) is 82.0 Å².